The number of likely N-dealkylation sites (tertiary alicyclic amines) is 1. The number of benzene rings is 1. The van der Waals surface area contributed by atoms with E-state index in [1.165, 1.54) is 6.07 Å². The first-order valence-electron chi connectivity index (χ1n) is 5.80. The SMILES string of the molecule is O=C(Nc1cc(C(F)(F)F)ccc1Br)N1CCCC1. The average molecular weight is 337 g/mol. The van der Waals surface area contributed by atoms with E-state index in [-0.39, 0.29) is 11.7 Å². The molecule has 1 aromatic carbocycles. The maximum atomic E-state index is 12.6. The van der Waals surface area contributed by atoms with E-state index in [0.717, 1.165) is 25.0 Å². The molecule has 0 saturated carbocycles. The summed E-state index contributed by atoms with van der Waals surface area (Å²) in [7, 11) is 0. The Morgan fingerprint density at radius 3 is 2.47 bits per heavy atom. The van der Waals surface area contributed by atoms with Gasteiger partial charge in [0.05, 0.1) is 11.3 Å². The van der Waals surface area contributed by atoms with Crippen molar-refractivity contribution in [2.75, 3.05) is 18.4 Å². The van der Waals surface area contributed by atoms with Gasteiger partial charge in [0.2, 0.25) is 0 Å². The standard InChI is InChI=1S/C12H12BrF3N2O/c13-9-4-3-8(12(14,15)16)7-10(9)17-11(19)18-5-1-2-6-18/h3-4,7H,1-2,5-6H2,(H,17,19). The molecule has 1 aromatic rings. The molecule has 0 aliphatic carbocycles. The van der Waals surface area contributed by atoms with Crippen molar-refractivity contribution < 1.29 is 18.0 Å². The van der Waals surface area contributed by atoms with Gasteiger partial charge < -0.3 is 10.2 Å². The highest BCUT2D eigenvalue weighted by molar-refractivity contribution is 9.10. The van der Waals surface area contributed by atoms with Gasteiger partial charge in [-0.2, -0.15) is 13.2 Å². The molecule has 0 spiro atoms. The summed E-state index contributed by atoms with van der Waals surface area (Å²) in [5.74, 6) is 0. The highest BCUT2D eigenvalue weighted by atomic mass is 79.9. The lowest BCUT2D eigenvalue weighted by atomic mass is 10.2. The summed E-state index contributed by atoms with van der Waals surface area (Å²) in [6.07, 6.45) is -2.57. The van der Waals surface area contributed by atoms with Crippen LogP contribution in [0, 0.1) is 0 Å². The van der Waals surface area contributed by atoms with Gasteiger partial charge in [0.15, 0.2) is 0 Å². The molecule has 1 fully saturated rings. The Balaban J connectivity index is 2.17. The molecule has 1 saturated heterocycles. The summed E-state index contributed by atoms with van der Waals surface area (Å²) >= 11 is 3.13. The number of nitrogens with one attached hydrogen (secondary N) is 1. The molecule has 0 unspecified atom stereocenters. The fourth-order valence-corrected chi connectivity index (χ4v) is 2.26. The molecule has 19 heavy (non-hydrogen) atoms. The number of alkyl halides is 3. The zero-order valence-corrected chi connectivity index (χ0v) is 11.5. The normalized spacial score (nSPS) is 15.7. The number of halogens is 4. The van der Waals surface area contributed by atoms with E-state index in [4.69, 9.17) is 0 Å². The molecule has 2 amide bonds. The van der Waals surface area contributed by atoms with Gasteiger partial charge >= 0.3 is 12.2 Å². The number of rotatable bonds is 1. The molecule has 1 aliphatic rings. The Morgan fingerprint density at radius 1 is 1.26 bits per heavy atom. The van der Waals surface area contributed by atoms with Crippen LogP contribution in [0.4, 0.5) is 23.7 Å². The summed E-state index contributed by atoms with van der Waals surface area (Å²) in [5, 5.41) is 2.50. The van der Waals surface area contributed by atoms with Crippen molar-refractivity contribution in [3.8, 4) is 0 Å². The molecule has 0 radical (unpaired) electrons. The monoisotopic (exact) mass is 336 g/mol. The zero-order valence-electron chi connectivity index (χ0n) is 9.93. The van der Waals surface area contributed by atoms with E-state index in [2.05, 4.69) is 21.2 Å². The lowest BCUT2D eigenvalue weighted by Crippen LogP contribution is -2.32. The average Bonchev–Trinajstić information content (AvgIpc) is 2.84. The zero-order chi connectivity index (χ0) is 14.0. The molecule has 2 rings (SSSR count). The predicted octanol–water partition coefficient (Wildman–Crippen LogP) is 4.10. The van der Waals surface area contributed by atoms with Gasteiger partial charge in [0, 0.05) is 17.6 Å². The third-order valence-electron chi connectivity index (χ3n) is 2.93. The van der Waals surface area contributed by atoms with Crippen LogP contribution >= 0.6 is 15.9 Å². The number of carbonyl (C=O) groups excluding carboxylic acids is 1. The molecular formula is C12H12BrF3N2O. The lowest BCUT2D eigenvalue weighted by Gasteiger charge is -2.17. The number of nitrogens with zero attached hydrogens (tertiary/aromatic N) is 1. The van der Waals surface area contributed by atoms with Crippen LogP contribution < -0.4 is 5.32 Å². The van der Waals surface area contributed by atoms with Crippen molar-refractivity contribution in [2.45, 2.75) is 19.0 Å². The van der Waals surface area contributed by atoms with Crippen molar-refractivity contribution in [1.29, 1.82) is 0 Å². The number of amides is 2. The van der Waals surface area contributed by atoms with Crippen LogP contribution in [-0.2, 0) is 6.18 Å². The quantitative estimate of drug-likeness (QED) is 0.822. The van der Waals surface area contributed by atoms with Gasteiger partial charge in [-0.25, -0.2) is 4.79 Å². The van der Waals surface area contributed by atoms with E-state index in [1.54, 1.807) is 4.90 Å². The number of anilines is 1. The van der Waals surface area contributed by atoms with Crippen molar-refractivity contribution in [1.82, 2.24) is 4.90 Å². The predicted molar refractivity (Wildman–Crippen MR) is 69.0 cm³/mol. The Kier molecular flexibility index (Phi) is 4.03. The van der Waals surface area contributed by atoms with E-state index in [9.17, 15) is 18.0 Å². The topological polar surface area (TPSA) is 32.3 Å². The van der Waals surface area contributed by atoms with E-state index in [1.807, 2.05) is 0 Å². The fraction of sp³-hybridized carbons (Fsp3) is 0.417. The van der Waals surface area contributed by atoms with Gasteiger partial charge in [-0.05, 0) is 47.0 Å². The summed E-state index contributed by atoms with van der Waals surface area (Å²) in [4.78, 5) is 13.4. The highest BCUT2D eigenvalue weighted by Gasteiger charge is 2.31. The first-order chi connectivity index (χ1) is 8.88. The summed E-state index contributed by atoms with van der Waals surface area (Å²) < 4.78 is 38.2. The van der Waals surface area contributed by atoms with Crippen LogP contribution in [0.5, 0.6) is 0 Å². The smallest absolute Gasteiger partial charge is 0.325 e. The van der Waals surface area contributed by atoms with Crippen LogP contribution in [0.15, 0.2) is 22.7 Å². The molecule has 0 bridgehead atoms. The summed E-state index contributed by atoms with van der Waals surface area (Å²) in [6, 6.07) is 2.81. The number of urea groups is 1. The van der Waals surface area contributed by atoms with E-state index >= 15 is 0 Å². The minimum absolute atomic E-state index is 0.131. The van der Waals surface area contributed by atoms with Gasteiger partial charge in [0.25, 0.3) is 0 Å². The minimum Gasteiger partial charge on any atom is -0.325 e. The van der Waals surface area contributed by atoms with Gasteiger partial charge in [0.1, 0.15) is 0 Å². The van der Waals surface area contributed by atoms with E-state index < -0.39 is 11.7 Å². The molecule has 1 aliphatic heterocycles. The maximum Gasteiger partial charge on any atom is 0.416 e. The van der Waals surface area contributed by atoms with Crippen LogP contribution in [0.3, 0.4) is 0 Å². The highest BCUT2D eigenvalue weighted by Crippen LogP contribution is 2.34. The molecule has 0 aromatic heterocycles. The molecule has 104 valence electrons. The van der Waals surface area contributed by atoms with Gasteiger partial charge in [-0.15, -0.1) is 0 Å². The number of carbonyl (C=O) groups is 1. The second-order valence-corrected chi connectivity index (χ2v) is 5.17. The van der Waals surface area contributed by atoms with E-state index in [0.29, 0.717) is 17.6 Å². The molecule has 0 atom stereocenters. The molecule has 7 heteroatoms. The third-order valence-corrected chi connectivity index (χ3v) is 3.62. The van der Waals surface area contributed by atoms with Gasteiger partial charge in [-0.1, -0.05) is 0 Å². The van der Waals surface area contributed by atoms with Crippen LogP contribution in [0.25, 0.3) is 0 Å². The third kappa shape index (κ3) is 3.40. The fourth-order valence-electron chi connectivity index (χ4n) is 1.91. The van der Waals surface area contributed by atoms with Crippen molar-refractivity contribution in [2.24, 2.45) is 0 Å². The van der Waals surface area contributed by atoms with Crippen molar-refractivity contribution >= 4 is 27.6 Å². The second-order valence-electron chi connectivity index (χ2n) is 4.32. The Hall–Kier alpha value is -1.24. The van der Waals surface area contributed by atoms with Crippen LogP contribution in [0.2, 0.25) is 0 Å². The first kappa shape index (κ1) is 14.2. The molecular weight excluding hydrogens is 325 g/mol. The minimum atomic E-state index is -4.42. The maximum absolute atomic E-state index is 12.6. The Labute approximate surface area is 116 Å². The largest absolute Gasteiger partial charge is 0.416 e. The van der Waals surface area contributed by atoms with Gasteiger partial charge in [-0.3, -0.25) is 0 Å². The first-order valence-corrected chi connectivity index (χ1v) is 6.60. The molecule has 1 N–H and O–H groups in total. The summed E-state index contributed by atoms with van der Waals surface area (Å²) in [5.41, 5.74) is -0.654. The second kappa shape index (κ2) is 5.40. The number of hydrogen-bond acceptors (Lipinski definition) is 1. The van der Waals surface area contributed by atoms with Crippen LogP contribution in [-0.4, -0.2) is 24.0 Å². The number of hydrogen-bond donors (Lipinski definition) is 1. The van der Waals surface area contributed by atoms with Crippen molar-refractivity contribution in [3.63, 3.8) is 0 Å². The Bertz CT molecular complexity index is 484. The lowest BCUT2D eigenvalue weighted by molar-refractivity contribution is -0.137. The Morgan fingerprint density at radius 2 is 1.89 bits per heavy atom. The molecule has 3 nitrogen and oxygen atoms in total. The molecule has 1 heterocycles. The summed E-state index contributed by atoms with van der Waals surface area (Å²) in [6.45, 7) is 1.28. The van der Waals surface area contributed by atoms with Crippen molar-refractivity contribution in [3.05, 3.63) is 28.2 Å². The van der Waals surface area contributed by atoms with Crippen LogP contribution in [0.1, 0.15) is 18.4 Å².